The molecule has 0 aliphatic heterocycles. The Morgan fingerprint density at radius 2 is 2.00 bits per heavy atom. The smallest absolute Gasteiger partial charge is 0.397 e. The fraction of sp³-hybridized carbons (Fsp3) is 0.429. The Hall–Kier alpha value is -1.41. The van der Waals surface area contributed by atoms with Crippen LogP contribution in [0.15, 0.2) is 0 Å². The van der Waals surface area contributed by atoms with Crippen LogP contribution in [0.2, 0.25) is 0 Å². The van der Waals surface area contributed by atoms with Gasteiger partial charge in [0.15, 0.2) is 18.1 Å². The van der Waals surface area contributed by atoms with Crippen LogP contribution in [-0.2, 0) is 21.1 Å². The van der Waals surface area contributed by atoms with Crippen LogP contribution in [0.1, 0.15) is 0 Å². The van der Waals surface area contributed by atoms with Gasteiger partial charge in [0, 0.05) is 20.0 Å². The maximum Gasteiger partial charge on any atom is 2.00 e. The summed E-state index contributed by atoms with van der Waals surface area (Å²) in [6, 6.07) is 0. The summed E-state index contributed by atoms with van der Waals surface area (Å²) < 4.78 is 0. The van der Waals surface area contributed by atoms with Crippen molar-refractivity contribution in [3.05, 3.63) is 5.32 Å². The molecule has 0 aliphatic carbocycles. The topological polar surface area (TPSA) is 91.8 Å². The van der Waals surface area contributed by atoms with Crippen molar-refractivity contribution < 1.29 is 21.1 Å². The summed E-state index contributed by atoms with van der Waals surface area (Å²) in [5.41, 5.74) is 0. The summed E-state index contributed by atoms with van der Waals surface area (Å²) in [6.45, 7) is 0. The molecule has 1 aromatic rings. The standard InChI is InChI=1S/C7H10N7.W/c1-9-5-11-6(10-4-8)13-7(12-5)14(2)3;/h1-3H3,(H-,9,10,11,12,13);/q-1;+2. The molecule has 0 spiro atoms. The minimum absolute atomic E-state index is 0. The van der Waals surface area contributed by atoms with Gasteiger partial charge in [0.2, 0.25) is 0 Å². The van der Waals surface area contributed by atoms with E-state index in [-0.39, 0.29) is 27.0 Å². The van der Waals surface area contributed by atoms with Crippen LogP contribution in [0.4, 0.5) is 17.8 Å². The first-order valence-corrected chi connectivity index (χ1v) is 3.85. The first-order chi connectivity index (χ1) is 6.67. The summed E-state index contributed by atoms with van der Waals surface area (Å²) in [6.07, 6.45) is 1.74. The number of aromatic nitrogens is 3. The minimum atomic E-state index is 0. The van der Waals surface area contributed by atoms with Gasteiger partial charge in [0.25, 0.3) is 0 Å². The molecule has 0 saturated carbocycles. The molecule has 0 amide bonds. The Labute approximate surface area is 102 Å². The molecule has 0 unspecified atom stereocenters. The van der Waals surface area contributed by atoms with Crippen LogP contribution < -0.4 is 10.2 Å². The quantitative estimate of drug-likeness (QED) is 0.609. The molecule has 1 rings (SSSR count). The molecule has 0 aliphatic rings. The van der Waals surface area contributed by atoms with E-state index in [0.29, 0.717) is 11.9 Å². The zero-order valence-electron chi connectivity index (χ0n) is 8.59. The number of anilines is 2. The van der Waals surface area contributed by atoms with Gasteiger partial charge in [-0.3, -0.25) is 5.32 Å². The van der Waals surface area contributed by atoms with Gasteiger partial charge in [0.1, 0.15) is 0 Å². The van der Waals surface area contributed by atoms with E-state index in [1.807, 2.05) is 0 Å². The summed E-state index contributed by atoms with van der Waals surface area (Å²) in [4.78, 5) is 13.6. The van der Waals surface area contributed by atoms with Crippen molar-refractivity contribution in [2.24, 2.45) is 0 Å². The predicted octanol–water partition coefficient (Wildman–Crippen LogP) is 0.463. The molecule has 8 heteroatoms. The molecule has 1 heterocycles. The molecule has 78 valence electrons. The second kappa shape index (κ2) is 6.14. The average Bonchev–Trinajstić information content (AvgIpc) is 2.17. The van der Waals surface area contributed by atoms with Gasteiger partial charge in [-0.15, -0.1) is 0 Å². The van der Waals surface area contributed by atoms with E-state index in [4.69, 9.17) is 5.26 Å². The fourth-order valence-corrected chi connectivity index (χ4v) is 0.760. The van der Waals surface area contributed by atoms with Crippen LogP contribution in [0.5, 0.6) is 0 Å². The minimum Gasteiger partial charge on any atom is -0.397 e. The molecule has 0 saturated heterocycles. The van der Waals surface area contributed by atoms with E-state index >= 15 is 0 Å². The second-order valence-corrected chi connectivity index (χ2v) is 2.61. The summed E-state index contributed by atoms with van der Waals surface area (Å²) in [5.74, 6) is 0.951. The van der Waals surface area contributed by atoms with Crippen molar-refractivity contribution in [1.82, 2.24) is 15.0 Å². The Bertz CT molecular complexity index is 359. The van der Waals surface area contributed by atoms with E-state index in [0.717, 1.165) is 0 Å². The van der Waals surface area contributed by atoms with E-state index in [1.54, 1.807) is 32.2 Å². The normalized spacial score (nSPS) is 8.40. The third-order valence-electron chi connectivity index (χ3n) is 1.38. The maximum absolute atomic E-state index is 8.41. The van der Waals surface area contributed by atoms with E-state index < -0.39 is 0 Å². The summed E-state index contributed by atoms with van der Waals surface area (Å²) in [7, 11) is 5.17. The van der Waals surface area contributed by atoms with Crippen LogP contribution in [0.25, 0.3) is 5.32 Å². The number of hydrogen-bond donors (Lipinski definition) is 1. The van der Waals surface area contributed by atoms with Crippen molar-refractivity contribution in [2.75, 3.05) is 31.4 Å². The van der Waals surface area contributed by atoms with Crippen molar-refractivity contribution in [1.29, 1.82) is 5.26 Å². The SMILES string of the molecule is C[N-]c1nc(NC#N)nc(N(C)C)n1.[W+2]. The van der Waals surface area contributed by atoms with Crippen molar-refractivity contribution in [3.8, 4) is 6.19 Å². The third-order valence-corrected chi connectivity index (χ3v) is 1.38. The zero-order valence-corrected chi connectivity index (χ0v) is 11.5. The van der Waals surface area contributed by atoms with Crippen LogP contribution in [0.3, 0.4) is 0 Å². The Kier molecular flexibility index (Phi) is 5.57. The first kappa shape index (κ1) is 13.6. The first-order valence-electron chi connectivity index (χ1n) is 3.85. The number of nitrogens with one attached hydrogen (secondary N) is 1. The van der Waals surface area contributed by atoms with Gasteiger partial charge in [-0.1, -0.05) is 0 Å². The van der Waals surface area contributed by atoms with E-state index in [2.05, 4.69) is 25.6 Å². The Morgan fingerprint density at radius 1 is 1.33 bits per heavy atom. The van der Waals surface area contributed by atoms with Gasteiger partial charge in [-0.2, -0.15) is 5.26 Å². The number of rotatable bonds is 3. The van der Waals surface area contributed by atoms with Crippen LogP contribution >= 0.6 is 0 Å². The molecule has 0 bridgehead atoms. The summed E-state index contributed by atoms with van der Waals surface area (Å²) >= 11 is 0. The number of hydrogen-bond acceptors (Lipinski definition) is 6. The number of nitrogens with zero attached hydrogens (tertiary/aromatic N) is 6. The molecule has 1 N–H and O–H groups in total. The molecule has 0 atom stereocenters. The molecular formula is C7H10N7W+. The van der Waals surface area contributed by atoms with Gasteiger partial charge in [0.05, 0.1) is 0 Å². The molecule has 0 fully saturated rings. The molecule has 15 heavy (non-hydrogen) atoms. The van der Waals surface area contributed by atoms with E-state index in [9.17, 15) is 0 Å². The Balaban J connectivity index is 0.00000196. The molecule has 0 aromatic carbocycles. The van der Waals surface area contributed by atoms with Gasteiger partial charge in [-0.25, -0.2) is 4.98 Å². The van der Waals surface area contributed by atoms with Crippen molar-refractivity contribution in [2.45, 2.75) is 0 Å². The largest absolute Gasteiger partial charge is 2.00 e. The van der Waals surface area contributed by atoms with E-state index in [1.165, 1.54) is 0 Å². The molecule has 0 radical (unpaired) electrons. The Morgan fingerprint density at radius 3 is 2.47 bits per heavy atom. The average molecular weight is 376 g/mol. The monoisotopic (exact) mass is 376 g/mol. The predicted molar refractivity (Wildman–Crippen MR) is 52.3 cm³/mol. The van der Waals surface area contributed by atoms with Crippen molar-refractivity contribution in [3.63, 3.8) is 0 Å². The third kappa shape index (κ3) is 3.68. The van der Waals surface area contributed by atoms with Crippen molar-refractivity contribution >= 4 is 17.8 Å². The summed E-state index contributed by atoms with van der Waals surface area (Å²) in [5, 5.41) is 14.6. The van der Waals surface area contributed by atoms with Gasteiger partial charge in [-0.05, 0) is 7.05 Å². The fourth-order valence-electron chi connectivity index (χ4n) is 0.760. The zero-order chi connectivity index (χ0) is 10.6. The van der Waals surface area contributed by atoms with Gasteiger partial charge < -0.3 is 20.2 Å². The molecule has 1 aromatic heterocycles. The number of nitriles is 1. The van der Waals surface area contributed by atoms with Crippen LogP contribution in [0, 0.1) is 11.5 Å². The molecular weight excluding hydrogens is 366 g/mol. The second-order valence-electron chi connectivity index (χ2n) is 2.61. The molecule has 7 nitrogen and oxygen atoms in total. The van der Waals surface area contributed by atoms with Crippen LogP contribution in [-0.4, -0.2) is 36.1 Å². The van der Waals surface area contributed by atoms with Gasteiger partial charge >= 0.3 is 21.1 Å². The maximum atomic E-state index is 8.41.